The van der Waals surface area contributed by atoms with Crippen LogP contribution in [0.3, 0.4) is 0 Å². The molecule has 0 atom stereocenters. The van der Waals surface area contributed by atoms with E-state index in [1.54, 1.807) is 31.2 Å². The van der Waals surface area contributed by atoms with Crippen LogP contribution in [0.5, 0.6) is 0 Å². The van der Waals surface area contributed by atoms with Gasteiger partial charge in [0.1, 0.15) is 17.3 Å². The van der Waals surface area contributed by atoms with Gasteiger partial charge in [-0.2, -0.15) is 0 Å². The van der Waals surface area contributed by atoms with Crippen LogP contribution in [0.25, 0.3) is 0 Å². The topological polar surface area (TPSA) is 70.2 Å². The molecule has 0 radical (unpaired) electrons. The van der Waals surface area contributed by atoms with Crippen LogP contribution in [0.4, 0.5) is 11.5 Å². The highest BCUT2D eigenvalue weighted by Gasteiger charge is 2.11. The van der Waals surface area contributed by atoms with Crippen LogP contribution < -0.4 is 10.6 Å². The van der Waals surface area contributed by atoms with Crippen molar-refractivity contribution >= 4 is 40.6 Å². The average molecular weight is 368 g/mol. The lowest BCUT2D eigenvalue weighted by molar-refractivity contribution is 0.0945. The molecule has 2 aromatic rings. The molecule has 0 aliphatic carbocycles. The number of aryl methyl sites for hydroxylation is 1. The summed E-state index contributed by atoms with van der Waals surface area (Å²) in [6, 6.07) is 6.76. The molecule has 0 bridgehead atoms. The highest BCUT2D eigenvalue weighted by molar-refractivity contribution is 6.42. The van der Waals surface area contributed by atoms with Crippen LogP contribution in [0, 0.1) is 6.92 Å². The third kappa shape index (κ3) is 5.33. The molecule has 0 spiro atoms. The number of carbonyl (C=O) groups excluding carboxylic acids is 1. The Kier molecular flexibility index (Phi) is 6.36. The summed E-state index contributed by atoms with van der Waals surface area (Å²) in [5, 5.41) is 6.84. The lowest BCUT2D eigenvalue weighted by Crippen LogP contribution is -2.32. The zero-order valence-corrected chi connectivity index (χ0v) is 15.2. The predicted molar refractivity (Wildman–Crippen MR) is 97.4 cm³/mol. The van der Waals surface area contributed by atoms with E-state index in [0.29, 0.717) is 33.9 Å². The molecule has 1 aromatic carbocycles. The summed E-state index contributed by atoms with van der Waals surface area (Å²) in [5.41, 5.74) is 1.03. The Hall–Kier alpha value is -1.89. The van der Waals surface area contributed by atoms with Crippen LogP contribution in [0.1, 0.15) is 16.3 Å². The van der Waals surface area contributed by atoms with Crippen molar-refractivity contribution in [2.75, 3.05) is 32.5 Å². The zero-order valence-electron chi connectivity index (χ0n) is 13.7. The van der Waals surface area contributed by atoms with E-state index >= 15 is 0 Å². The summed E-state index contributed by atoms with van der Waals surface area (Å²) < 4.78 is 0. The minimum Gasteiger partial charge on any atom is -0.349 e. The first-order chi connectivity index (χ1) is 11.3. The molecule has 0 saturated heterocycles. The van der Waals surface area contributed by atoms with Gasteiger partial charge in [-0.15, -0.1) is 0 Å². The Bertz CT molecular complexity index is 736. The molecule has 0 fully saturated rings. The Morgan fingerprint density at radius 2 is 1.92 bits per heavy atom. The maximum atomic E-state index is 12.2. The zero-order chi connectivity index (χ0) is 17.7. The number of nitrogens with one attached hydrogen (secondary N) is 2. The second-order valence-corrected chi connectivity index (χ2v) is 6.31. The van der Waals surface area contributed by atoms with Gasteiger partial charge in [-0.3, -0.25) is 4.79 Å². The summed E-state index contributed by atoms with van der Waals surface area (Å²) in [6.07, 6.45) is 0. The molecule has 0 saturated carbocycles. The first kappa shape index (κ1) is 18.4. The van der Waals surface area contributed by atoms with Gasteiger partial charge in [-0.25, -0.2) is 9.97 Å². The van der Waals surface area contributed by atoms with Crippen LogP contribution >= 0.6 is 23.2 Å². The van der Waals surface area contributed by atoms with Gasteiger partial charge >= 0.3 is 0 Å². The van der Waals surface area contributed by atoms with Crippen molar-refractivity contribution in [3.05, 3.63) is 45.8 Å². The van der Waals surface area contributed by atoms with Gasteiger partial charge in [0.25, 0.3) is 5.91 Å². The number of aromatic nitrogens is 2. The Labute approximate surface area is 151 Å². The van der Waals surface area contributed by atoms with Crippen molar-refractivity contribution < 1.29 is 4.79 Å². The molecule has 2 rings (SSSR count). The van der Waals surface area contributed by atoms with E-state index in [0.717, 1.165) is 12.2 Å². The molecule has 128 valence electrons. The molecular formula is C16H19Cl2N5O. The van der Waals surface area contributed by atoms with E-state index in [1.807, 2.05) is 19.0 Å². The van der Waals surface area contributed by atoms with Crippen LogP contribution in [-0.2, 0) is 0 Å². The molecule has 1 amide bonds. The van der Waals surface area contributed by atoms with Crippen LogP contribution in [0.2, 0.25) is 10.0 Å². The number of benzene rings is 1. The van der Waals surface area contributed by atoms with Crippen molar-refractivity contribution in [1.82, 2.24) is 20.2 Å². The van der Waals surface area contributed by atoms with Crippen molar-refractivity contribution in [2.24, 2.45) is 0 Å². The number of hydrogen-bond acceptors (Lipinski definition) is 5. The maximum Gasteiger partial charge on any atom is 0.270 e. The summed E-state index contributed by atoms with van der Waals surface area (Å²) in [4.78, 5) is 22.7. The Morgan fingerprint density at radius 3 is 2.58 bits per heavy atom. The average Bonchev–Trinajstić information content (AvgIpc) is 2.50. The molecule has 1 aromatic heterocycles. The second-order valence-electron chi connectivity index (χ2n) is 5.50. The van der Waals surface area contributed by atoms with E-state index in [9.17, 15) is 4.79 Å². The van der Waals surface area contributed by atoms with E-state index < -0.39 is 0 Å². The van der Waals surface area contributed by atoms with Crippen LogP contribution in [0.15, 0.2) is 24.3 Å². The van der Waals surface area contributed by atoms with Crippen molar-refractivity contribution in [3.63, 3.8) is 0 Å². The molecule has 8 heteroatoms. The summed E-state index contributed by atoms with van der Waals surface area (Å²) >= 11 is 11.9. The number of nitrogens with zero attached hydrogens (tertiary/aromatic N) is 3. The number of halogens is 2. The first-order valence-electron chi connectivity index (χ1n) is 7.36. The number of amides is 1. The Morgan fingerprint density at radius 1 is 1.17 bits per heavy atom. The number of anilines is 2. The quantitative estimate of drug-likeness (QED) is 0.820. The minimum absolute atomic E-state index is 0.237. The standard InChI is InChI=1S/C16H19Cl2N5O/c1-10-20-14(16(24)19-6-7-23(2)3)9-15(21-10)22-11-4-5-12(17)13(18)8-11/h4-5,8-9H,6-7H2,1-3H3,(H,19,24)(H,20,21,22). The van der Waals surface area contributed by atoms with Crippen molar-refractivity contribution in [3.8, 4) is 0 Å². The van der Waals surface area contributed by atoms with Gasteiger partial charge < -0.3 is 15.5 Å². The number of likely N-dealkylation sites (N-methyl/N-ethyl adjacent to an activating group) is 1. The van der Waals surface area contributed by atoms with E-state index in [-0.39, 0.29) is 5.91 Å². The summed E-state index contributed by atoms with van der Waals surface area (Å²) in [7, 11) is 3.89. The fraction of sp³-hybridized carbons (Fsp3) is 0.312. The first-order valence-corrected chi connectivity index (χ1v) is 8.11. The van der Waals surface area contributed by atoms with Crippen LogP contribution in [-0.4, -0.2) is 48.0 Å². The highest BCUT2D eigenvalue weighted by Crippen LogP contribution is 2.26. The van der Waals surface area contributed by atoms with E-state index in [4.69, 9.17) is 23.2 Å². The minimum atomic E-state index is -0.237. The van der Waals surface area contributed by atoms with Gasteiger partial charge in [0.05, 0.1) is 10.0 Å². The Balaban J connectivity index is 2.12. The molecule has 2 N–H and O–H groups in total. The smallest absolute Gasteiger partial charge is 0.270 e. The highest BCUT2D eigenvalue weighted by atomic mass is 35.5. The molecule has 0 aliphatic rings. The second kappa shape index (κ2) is 8.28. The van der Waals surface area contributed by atoms with Gasteiger partial charge in [-0.05, 0) is 39.2 Å². The SMILES string of the molecule is Cc1nc(Nc2ccc(Cl)c(Cl)c2)cc(C(=O)NCCN(C)C)n1. The summed E-state index contributed by atoms with van der Waals surface area (Å²) in [6.45, 7) is 3.03. The van der Waals surface area contributed by atoms with Gasteiger partial charge in [0, 0.05) is 24.8 Å². The number of hydrogen-bond donors (Lipinski definition) is 2. The molecule has 1 heterocycles. The van der Waals surface area contributed by atoms with Crippen molar-refractivity contribution in [1.29, 1.82) is 0 Å². The van der Waals surface area contributed by atoms with E-state index in [1.165, 1.54) is 0 Å². The molecule has 6 nitrogen and oxygen atoms in total. The van der Waals surface area contributed by atoms with Crippen molar-refractivity contribution in [2.45, 2.75) is 6.92 Å². The normalized spacial score (nSPS) is 10.8. The van der Waals surface area contributed by atoms with E-state index in [2.05, 4.69) is 20.6 Å². The lowest BCUT2D eigenvalue weighted by Gasteiger charge is -2.11. The van der Waals surface area contributed by atoms with Gasteiger partial charge in [0.15, 0.2) is 0 Å². The fourth-order valence-corrected chi connectivity index (χ4v) is 2.25. The molecule has 0 aliphatic heterocycles. The third-order valence-electron chi connectivity index (χ3n) is 3.11. The third-order valence-corrected chi connectivity index (χ3v) is 3.85. The summed E-state index contributed by atoms with van der Waals surface area (Å²) in [5.74, 6) is 0.774. The monoisotopic (exact) mass is 367 g/mol. The molecule has 24 heavy (non-hydrogen) atoms. The largest absolute Gasteiger partial charge is 0.349 e. The predicted octanol–water partition coefficient (Wildman–Crippen LogP) is 3.13. The molecule has 0 unspecified atom stereocenters. The number of carbonyl (C=O) groups is 1. The van der Waals surface area contributed by atoms with Gasteiger partial charge in [-0.1, -0.05) is 23.2 Å². The van der Waals surface area contributed by atoms with Gasteiger partial charge in [0.2, 0.25) is 0 Å². The fourth-order valence-electron chi connectivity index (χ4n) is 1.95. The lowest BCUT2D eigenvalue weighted by atomic mass is 10.3. The molecular weight excluding hydrogens is 349 g/mol. The number of rotatable bonds is 6. The maximum absolute atomic E-state index is 12.2.